The lowest BCUT2D eigenvalue weighted by Gasteiger charge is -2.16. The third-order valence-corrected chi connectivity index (χ3v) is 4.36. The van der Waals surface area contributed by atoms with E-state index in [2.05, 4.69) is 12.2 Å². The second-order valence-corrected chi connectivity index (χ2v) is 6.51. The van der Waals surface area contributed by atoms with E-state index in [1.807, 2.05) is 25.1 Å². The maximum atomic E-state index is 12.9. The molecule has 7 heteroatoms. The first-order valence-corrected chi connectivity index (χ1v) is 9.24. The highest BCUT2D eigenvalue weighted by Crippen LogP contribution is 2.33. The summed E-state index contributed by atoms with van der Waals surface area (Å²) in [7, 11) is 0. The number of hydrogen-bond acceptors (Lipinski definition) is 3. The summed E-state index contributed by atoms with van der Waals surface area (Å²) in [5.74, 6) is 0.657. The number of nitrogens with one attached hydrogen (secondary N) is 1. The topological polar surface area (TPSA) is 38.3 Å². The molecule has 0 aromatic heterocycles. The van der Waals surface area contributed by atoms with E-state index in [1.54, 1.807) is 6.26 Å². The van der Waals surface area contributed by atoms with Crippen LogP contribution in [0.25, 0.3) is 0 Å². The van der Waals surface area contributed by atoms with E-state index < -0.39 is 17.0 Å². The summed E-state index contributed by atoms with van der Waals surface area (Å²) in [6, 6.07) is 9.05. The average Bonchev–Trinajstić information content (AvgIpc) is 2.60. The van der Waals surface area contributed by atoms with E-state index >= 15 is 0 Å². The summed E-state index contributed by atoms with van der Waals surface area (Å²) in [4.78, 5) is 11.6. The van der Waals surface area contributed by atoms with Gasteiger partial charge in [-0.25, -0.2) is 0 Å². The molecule has 0 aliphatic carbocycles. The molecule has 0 heterocycles. The van der Waals surface area contributed by atoms with Gasteiger partial charge < -0.3 is 10.1 Å². The molecule has 0 radical (unpaired) electrons. The van der Waals surface area contributed by atoms with Gasteiger partial charge in [-0.05, 0) is 48.9 Å². The highest BCUT2D eigenvalue weighted by Gasteiger charge is 2.31. The van der Waals surface area contributed by atoms with Gasteiger partial charge in [0.2, 0.25) is 0 Å². The van der Waals surface area contributed by atoms with Gasteiger partial charge in [-0.3, -0.25) is 4.79 Å². The van der Waals surface area contributed by atoms with Crippen LogP contribution in [0.15, 0.2) is 36.4 Å². The maximum absolute atomic E-state index is 12.9. The van der Waals surface area contributed by atoms with E-state index in [0.717, 1.165) is 35.9 Å². The number of hydrogen-bond donors (Lipinski definition) is 1. The Morgan fingerprint density at radius 1 is 1.19 bits per heavy atom. The van der Waals surface area contributed by atoms with Crippen molar-refractivity contribution in [2.75, 3.05) is 11.6 Å². The van der Waals surface area contributed by atoms with Crippen LogP contribution in [0.2, 0.25) is 0 Å². The Morgan fingerprint density at radius 3 is 2.50 bits per heavy atom. The number of alkyl halides is 3. The fourth-order valence-electron chi connectivity index (χ4n) is 2.40. The lowest BCUT2D eigenvalue weighted by atomic mass is 10.1. The van der Waals surface area contributed by atoms with Crippen LogP contribution in [0.4, 0.5) is 23.7 Å². The second-order valence-electron chi connectivity index (χ2n) is 5.73. The Bertz CT molecular complexity index is 791. The molecule has 2 rings (SSSR count). The molecule has 2 aromatic rings. The van der Waals surface area contributed by atoms with Crippen LogP contribution in [0.1, 0.15) is 29.2 Å². The zero-order valence-corrected chi connectivity index (χ0v) is 15.6. The second kappa shape index (κ2) is 8.49. The number of carbonyl (C=O) groups excluding carboxylic acids is 1. The van der Waals surface area contributed by atoms with Gasteiger partial charge in [0.1, 0.15) is 12.4 Å². The number of rotatable bonds is 5. The number of carbonyl (C=O) groups is 1. The van der Waals surface area contributed by atoms with Crippen molar-refractivity contribution in [3.05, 3.63) is 58.7 Å². The summed E-state index contributed by atoms with van der Waals surface area (Å²) < 4.78 is 44.6. The lowest BCUT2D eigenvalue weighted by Crippen LogP contribution is -2.12. The van der Waals surface area contributed by atoms with Gasteiger partial charge in [0.25, 0.3) is 5.24 Å². The molecule has 0 spiro atoms. The van der Waals surface area contributed by atoms with Gasteiger partial charge in [-0.2, -0.15) is 13.2 Å². The quantitative estimate of drug-likeness (QED) is 0.683. The Balaban J connectivity index is 2.25. The molecular formula is C19H20F3NO2S. The number of anilines is 1. The molecule has 3 nitrogen and oxygen atoms in total. The predicted molar refractivity (Wildman–Crippen MR) is 98.9 cm³/mol. The Hall–Kier alpha value is -2.15. The van der Waals surface area contributed by atoms with E-state index in [0.29, 0.717) is 11.3 Å². The molecule has 2 aromatic carbocycles. The van der Waals surface area contributed by atoms with Crippen molar-refractivity contribution in [2.24, 2.45) is 0 Å². The zero-order chi connectivity index (χ0) is 19.3. The molecule has 0 unspecified atom stereocenters. The van der Waals surface area contributed by atoms with Crippen LogP contribution in [0.5, 0.6) is 5.75 Å². The first kappa shape index (κ1) is 20.2. The summed E-state index contributed by atoms with van der Waals surface area (Å²) in [6.45, 7) is 4.02. The largest absolute Gasteiger partial charge is 0.489 e. The fourth-order valence-corrected chi connectivity index (χ4v) is 2.62. The van der Waals surface area contributed by atoms with Gasteiger partial charge >= 0.3 is 6.18 Å². The SMILES string of the molecule is CCc1ccc(OCc2ccc(C(F)(F)F)cc2NC(=O)SC)c(C)c1. The Kier molecular flexibility index (Phi) is 6.58. The minimum atomic E-state index is -4.48. The fraction of sp³-hybridized carbons (Fsp3) is 0.316. The van der Waals surface area contributed by atoms with Crippen molar-refractivity contribution in [2.45, 2.75) is 33.1 Å². The van der Waals surface area contributed by atoms with E-state index in [-0.39, 0.29) is 12.3 Å². The van der Waals surface area contributed by atoms with Crippen molar-refractivity contribution >= 4 is 22.7 Å². The Morgan fingerprint density at radius 2 is 1.92 bits per heavy atom. The van der Waals surface area contributed by atoms with Gasteiger partial charge in [-0.1, -0.05) is 36.9 Å². The normalized spacial score (nSPS) is 11.3. The minimum Gasteiger partial charge on any atom is -0.489 e. The van der Waals surface area contributed by atoms with Crippen LogP contribution in [-0.4, -0.2) is 11.5 Å². The standard InChI is InChI=1S/C19H20F3NO2S/c1-4-13-5-8-17(12(2)9-13)25-11-14-6-7-15(19(20,21)22)10-16(14)23-18(24)26-3/h5-10H,4,11H2,1-3H3,(H,23,24). The van der Waals surface area contributed by atoms with Crippen LogP contribution in [0, 0.1) is 6.92 Å². The first-order valence-electron chi connectivity index (χ1n) is 8.02. The predicted octanol–water partition coefficient (Wildman–Crippen LogP) is 6.05. The summed E-state index contributed by atoms with van der Waals surface area (Å²) in [5.41, 5.74) is 1.88. The number of aryl methyl sites for hydroxylation is 2. The van der Waals surface area contributed by atoms with Crippen molar-refractivity contribution in [3.63, 3.8) is 0 Å². The average molecular weight is 383 g/mol. The molecule has 1 N–H and O–H groups in total. The van der Waals surface area contributed by atoms with Gasteiger partial charge in [0.15, 0.2) is 0 Å². The number of amides is 1. The van der Waals surface area contributed by atoms with E-state index in [4.69, 9.17) is 4.74 Å². The summed E-state index contributed by atoms with van der Waals surface area (Å²) >= 11 is 0.891. The molecule has 0 fully saturated rings. The van der Waals surface area contributed by atoms with Gasteiger partial charge in [-0.15, -0.1) is 0 Å². The molecule has 0 atom stereocenters. The molecule has 0 bridgehead atoms. The van der Waals surface area contributed by atoms with Crippen molar-refractivity contribution in [3.8, 4) is 5.75 Å². The van der Waals surface area contributed by atoms with Crippen molar-refractivity contribution in [1.29, 1.82) is 0 Å². The van der Waals surface area contributed by atoms with Crippen LogP contribution >= 0.6 is 11.8 Å². The lowest BCUT2D eigenvalue weighted by molar-refractivity contribution is -0.137. The highest BCUT2D eigenvalue weighted by molar-refractivity contribution is 8.13. The van der Waals surface area contributed by atoms with Crippen LogP contribution in [-0.2, 0) is 19.2 Å². The van der Waals surface area contributed by atoms with Gasteiger partial charge in [0, 0.05) is 11.3 Å². The summed E-state index contributed by atoms with van der Waals surface area (Å²) in [6.07, 6.45) is -2.02. The van der Waals surface area contributed by atoms with E-state index in [9.17, 15) is 18.0 Å². The zero-order valence-electron chi connectivity index (χ0n) is 14.7. The monoisotopic (exact) mass is 383 g/mol. The van der Waals surface area contributed by atoms with Gasteiger partial charge in [0.05, 0.1) is 5.56 Å². The first-order chi connectivity index (χ1) is 12.2. The smallest absolute Gasteiger partial charge is 0.416 e. The van der Waals surface area contributed by atoms with Crippen molar-refractivity contribution in [1.82, 2.24) is 0 Å². The molecule has 140 valence electrons. The third-order valence-electron chi connectivity index (χ3n) is 3.89. The highest BCUT2D eigenvalue weighted by atomic mass is 32.2. The molecule has 0 aliphatic heterocycles. The van der Waals surface area contributed by atoms with E-state index in [1.165, 1.54) is 11.6 Å². The van der Waals surface area contributed by atoms with Crippen LogP contribution in [0.3, 0.4) is 0 Å². The minimum absolute atomic E-state index is 0.0500. The Labute approximate surface area is 154 Å². The molecular weight excluding hydrogens is 363 g/mol. The third kappa shape index (κ3) is 5.17. The molecule has 0 aliphatic rings. The number of ether oxygens (including phenoxy) is 1. The number of halogens is 3. The number of benzene rings is 2. The molecule has 0 saturated carbocycles. The number of thioether (sulfide) groups is 1. The van der Waals surface area contributed by atoms with Crippen LogP contribution < -0.4 is 10.1 Å². The molecule has 1 amide bonds. The molecule has 0 saturated heterocycles. The molecule has 26 heavy (non-hydrogen) atoms. The van der Waals surface area contributed by atoms with Crippen molar-refractivity contribution < 1.29 is 22.7 Å². The summed E-state index contributed by atoms with van der Waals surface area (Å²) in [5, 5.41) is 2.05. The maximum Gasteiger partial charge on any atom is 0.416 e.